The molecule has 0 spiro atoms. The molecule has 0 aliphatic heterocycles. The van der Waals surface area contributed by atoms with Gasteiger partial charge in [-0.2, -0.15) is 0 Å². The number of nitrogen functional groups attached to an aromatic ring is 3. The van der Waals surface area contributed by atoms with E-state index in [0.29, 0.717) is 0 Å². The molecule has 286 valence electrons. The van der Waals surface area contributed by atoms with Crippen molar-refractivity contribution < 1.29 is 0 Å². The van der Waals surface area contributed by atoms with E-state index in [4.69, 9.17) is 22.9 Å². The molecule has 7 aromatic carbocycles. The van der Waals surface area contributed by atoms with E-state index >= 15 is 0 Å². The Morgan fingerprint density at radius 2 is 0.776 bits per heavy atom. The van der Waals surface area contributed by atoms with Crippen LogP contribution in [0.15, 0.2) is 200 Å². The first-order valence-corrected chi connectivity index (χ1v) is 20.4. The molecule has 8 N–H and O–H groups in total. The van der Waals surface area contributed by atoms with Gasteiger partial charge >= 0.3 is 0 Å². The minimum absolute atomic E-state index is 0.0585. The van der Waals surface area contributed by atoms with Gasteiger partial charge in [-0.25, -0.2) is 0 Å². The van der Waals surface area contributed by atoms with E-state index in [1.807, 2.05) is 0 Å². The monoisotopic (exact) mass is 754 g/mol. The first-order chi connectivity index (χ1) is 28.3. The highest BCUT2D eigenvalue weighted by Crippen LogP contribution is 2.57. The fourth-order valence-corrected chi connectivity index (χ4v) is 9.76. The van der Waals surface area contributed by atoms with Crippen molar-refractivity contribution in [3.63, 3.8) is 0 Å². The van der Waals surface area contributed by atoms with Gasteiger partial charge < -0.3 is 22.9 Å². The Balaban J connectivity index is 1.23. The molecule has 0 amide bonds. The van der Waals surface area contributed by atoms with Crippen molar-refractivity contribution in [3.8, 4) is 33.4 Å². The van der Waals surface area contributed by atoms with Crippen LogP contribution in [0.3, 0.4) is 0 Å². The van der Waals surface area contributed by atoms with Crippen molar-refractivity contribution in [2.24, 2.45) is 5.73 Å². The normalized spacial score (nSPS) is 18.3. The summed E-state index contributed by atoms with van der Waals surface area (Å²) in [6.07, 6.45) is 10.6. The van der Waals surface area contributed by atoms with Gasteiger partial charge in [0, 0.05) is 56.5 Å². The highest BCUT2D eigenvalue weighted by Gasteiger charge is 2.48. The Bertz CT molecular complexity index is 2510. The summed E-state index contributed by atoms with van der Waals surface area (Å²) < 4.78 is 0. The van der Waals surface area contributed by atoms with Gasteiger partial charge in [-0.15, -0.1) is 0 Å². The maximum Gasteiger partial charge on any atom is 0.0393 e. The summed E-state index contributed by atoms with van der Waals surface area (Å²) >= 11 is 0. The van der Waals surface area contributed by atoms with Gasteiger partial charge in [0.15, 0.2) is 0 Å². The first-order valence-electron chi connectivity index (χ1n) is 20.4. The van der Waals surface area contributed by atoms with Gasteiger partial charge in [-0.3, -0.25) is 0 Å². The summed E-state index contributed by atoms with van der Waals surface area (Å²) in [6, 6.07) is 62.2. The molecule has 0 aromatic heterocycles. The first kappa shape index (κ1) is 37.0. The van der Waals surface area contributed by atoms with Crippen LogP contribution >= 0.6 is 0 Å². The van der Waals surface area contributed by atoms with Crippen LogP contribution in [-0.2, 0) is 10.8 Å². The lowest BCUT2D eigenvalue weighted by atomic mass is 9.54. The molecule has 2 aliphatic rings. The summed E-state index contributed by atoms with van der Waals surface area (Å²) in [5.41, 5.74) is 41.7. The van der Waals surface area contributed by atoms with Gasteiger partial charge in [0.05, 0.1) is 0 Å². The van der Waals surface area contributed by atoms with Gasteiger partial charge in [-0.05, 0) is 107 Å². The van der Waals surface area contributed by atoms with E-state index in [1.54, 1.807) is 0 Å². The summed E-state index contributed by atoms with van der Waals surface area (Å²) in [4.78, 5) is 0. The molecular weight excluding hydrogens is 705 g/mol. The SMILES string of the molecule is Nc1ccc(C2(C3=CC(c4ccccc4)C(N)C=C3)CCC(c3ccc(N)c(-c4ccccc4)c3)(c3ccc(N)c(-c4ccccc4)c3)CC2)cc1-c1ccccc1. The number of rotatable bonds is 8. The Labute approximate surface area is 342 Å². The van der Waals surface area contributed by atoms with E-state index in [0.717, 1.165) is 76.1 Å². The van der Waals surface area contributed by atoms with E-state index < -0.39 is 0 Å². The standard InChI is InChI=1S/C54H50N4/c55-49-25-21-41(33-45(49)37-13-5-1-6-14-37)53(42-22-26-50(56)46(34-42)38-15-7-2-8-16-38)29-31-54(32-30-53,43-23-27-51(57)47(35-43)39-17-9-3-10-18-39)44-24-28-52(58)48(36-44)40-19-11-4-12-20-40/h1-28,33-36,45,49H,29-32,55-58H2. The number of hydrogen-bond donors (Lipinski definition) is 4. The second-order valence-electron chi connectivity index (χ2n) is 16.2. The fraction of sp³-hybridized carbons (Fsp3) is 0.148. The molecule has 4 nitrogen and oxygen atoms in total. The molecule has 2 atom stereocenters. The van der Waals surface area contributed by atoms with Crippen LogP contribution in [-0.4, -0.2) is 6.04 Å². The van der Waals surface area contributed by atoms with Crippen molar-refractivity contribution in [3.05, 3.63) is 222 Å². The number of hydrogen-bond acceptors (Lipinski definition) is 4. The Hall–Kier alpha value is -6.62. The zero-order chi connectivity index (χ0) is 39.7. The molecule has 2 unspecified atom stereocenters. The predicted octanol–water partition coefficient (Wildman–Crippen LogP) is 11.8. The molecule has 9 rings (SSSR count). The third-order valence-electron chi connectivity index (χ3n) is 13.0. The molecule has 0 bridgehead atoms. The van der Waals surface area contributed by atoms with Gasteiger partial charge in [0.1, 0.15) is 0 Å². The molecule has 58 heavy (non-hydrogen) atoms. The largest absolute Gasteiger partial charge is 0.398 e. The molecule has 0 radical (unpaired) electrons. The van der Waals surface area contributed by atoms with Crippen LogP contribution in [0.25, 0.3) is 33.4 Å². The number of benzene rings is 7. The highest BCUT2D eigenvalue weighted by molar-refractivity contribution is 5.80. The van der Waals surface area contributed by atoms with E-state index in [9.17, 15) is 0 Å². The molecule has 1 saturated carbocycles. The van der Waals surface area contributed by atoms with Crippen LogP contribution in [0.4, 0.5) is 17.1 Å². The smallest absolute Gasteiger partial charge is 0.0393 e. The third kappa shape index (κ3) is 6.70. The number of nitrogens with two attached hydrogens (primary N) is 4. The maximum absolute atomic E-state index is 6.88. The lowest BCUT2D eigenvalue weighted by molar-refractivity contribution is 0.255. The minimum atomic E-state index is -0.331. The molecule has 7 aromatic rings. The predicted molar refractivity (Wildman–Crippen MR) is 244 cm³/mol. The lowest BCUT2D eigenvalue weighted by Crippen LogP contribution is -2.42. The molecular formula is C54H50N4. The van der Waals surface area contributed by atoms with Crippen molar-refractivity contribution in [1.82, 2.24) is 0 Å². The Kier molecular flexibility index (Phi) is 9.81. The zero-order valence-electron chi connectivity index (χ0n) is 32.8. The maximum atomic E-state index is 6.88. The van der Waals surface area contributed by atoms with E-state index in [-0.39, 0.29) is 22.8 Å². The second kappa shape index (κ2) is 15.4. The summed E-state index contributed by atoms with van der Waals surface area (Å²) in [6.45, 7) is 0. The zero-order valence-corrected chi connectivity index (χ0v) is 32.8. The van der Waals surface area contributed by atoms with Crippen LogP contribution in [0.5, 0.6) is 0 Å². The molecule has 1 fully saturated rings. The quantitative estimate of drug-likeness (QED) is 0.116. The topological polar surface area (TPSA) is 104 Å². The molecule has 0 saturated heterocycles. The summed E-state index contributed by atoms with van der Waals surface area (Å²) in [5, 5.41) is 0. The van der Waals surface area contributed by atoms with Crippen molar-refractivity contribution in [2.75, 3.05) is 17.2 Å². The Morgan fingerprint density at radius 3 is 1.19 bits per heavy atom. The van der Waals surface area contributed by atoms with Gasteiger partial charge in [0.25, 0.3) is 0 Å². The average Bonchev–Trinajstić information content (AvgIpc) is 3.28. The van der Waals surface area contributed by atoms with Crippen LogP contribution in [0.1, 0.15) is 53.9 Å². The third-order valence-corrected chi connectivity index (χ3v) is 13.0. The van der Waals surface area contributed by atoms with E-state index in [1.165, 1.54) is 27.8 Å². The molecule has 0 heterocycles. The second-order valence-corrected chi connectivity index (χ2v) is 16.2. The lowest BCUT2D eigenvalue weighted by Gasteiger charge is -2.49. The van der Waals surface area contributed by atoms with Crippen molar-refractivity contribution in [1.29, 1.82) is 0 Å². The van der Waals surface area contributed by atoms with Gasteiger partial charge in [0.2, 0.25) is 0 Å². The summed E-state index contributed by atoms with van der Waals surface area (Å²) in [7, 11) is 0. The fourth-order valence-electron chi connectivity index (χ4n) is 9.76. The number of anilines is 3. The Morgan fingerprint density at radius 1 is 0.414 bits per heavy atom. The van der Waals surface area contributed by atoms with Crippen LogP contribution in [0.2, 0.25) is 0 Å². The highest BCUT2D eigenvalue weighted by atomic mass is 14.6. The van der Waals surface area contributed by atoms with E-state index in [2.05, 4.69) is 194 Å². The summed E-state index contributed by atoms with van der Waals surface area (Å²) in [5.74, 6) is 0.0585. The molecule has 2 aliphatic carbocycles. The average molecular weight is 755 g/mol. The van der Waals surface area contributed by atoms with Crippen LogP contribution < -0.4 is 22.9 Å². The van der Waals surface area contributed by atoms with Gasteiger partial charge in [-0.1, -0.05) is 158 Å². The van der Waals surface area contributed by atoms with Crippen molar-refractivity contribution >= 4 is 17.1 Å². The van der Waals surface area contributed by atoms with Crippen LogP contribution in [0, 0.1) is 0 Å². The van der Waals surface area contributed by atoms with Crippen molar-refractivity contribution in [2.45, 2.75) is 48.5 Å². The molecule has 4 heteroatoms. The minimum Gasteiger partial charge on any atom is -0.398 e. The number of allylic oxidation sites excluding steroid dienone is 2.